The second kappa shape index (κ2) is 10.6. The highest BCUT2D eigenvalue weighted by Crippen LogP contribution is 2.23. The molecule has 0 unspecified atom stereocenters. The number of hydrogen-bond donors (Lipinski definition) is 0. The van der Waals surface area contributed by atoms with E-state index >= 15 is 0 Å². The van der Waals surface area contributed by atoms with E-state index in [-0.39, 0.29) is 18.0 Å². The summed E-state index contributed by atoms with van der Waals surface area (Å²) in [6.45, 7) is 7.27. The third-order valence-corrected chi connectivity index (χ3v) is 6.79. The van der Waals surface area contributed by atoms with Gasteiger partial charge in [0.15, 0.2) is 9.84 Å². The minimum atomic E-state index is -3.63. The van der Waals surface area contributed by atoms with Crippen LogP contribution in [0.25, 0.3) is 11.5 Å². The SMILES string of the molecule is CCN(CCCC(=O)CS(=O)(=O)Cc1nc(-c2ccc(C)cc2)oc1C)c1ccccc1. The second-order valence-electron chi connectivity index (χ2n) is 7.98. The summed E-state index contributed by atoms with van der Waals surface area (Å²) in [5.74, 6) is -0.201. The number of nitrogens with zero attached hydrogens (tertiary/aromatic N) is 2. The van der Waals surface area contributed by atoms with Gasteiger partial charge in [-0.3, -0.25) is 4.79 Å². The summed E-state index contributed by atoms with van der Waals surface area (Å²) in [6.07, 6.45) is 0.840. The Morgan fingerprint density at radius 2 is 1.72 bits per heavy atom. The molecule has 1 heterocycles. The molecule has 1 aromatic heterocycles. The van der Waals surface area contributed by atoms with E-state index in [0.29, 0.717) is 30.3 Å². The summed E-state index contributed by atoms with van der Waals surface area (Å²) in [5, 5.41) is 0. The van der Waals surface area contributed by atoms with Crippen molar-refractivity contribution in [2.75, 3.05) is 23.7 Å². The molecule has 0 amide bonds. The molecule has 0 saturated heterocycles. The molecule has 0 spiro atoms. The summed E-state index contributed by atoms with van der Waals surface area (Å²) in [6, 6.07) is 17.6. The summed E-state index contributed by atoms with van der Waals surface area (Å²) in [7, 11) is -3.63. The Hall–Kier alpha value is -2.93. The maximum absolute atomic E-state index is 12.6. The monoisotopic (exact) mass is 454 g/mol. The lowest BCUT2D eigenvalue weighted by atomic mass is 10.1. The molecule has 32 heavy (non-hydrogen) atoms. The number of anilines is 1. The van der Waals surface area contributed by atoms with Crippen LogP contribution in [0.5, 0.6) is 0 Å². The van der Waals surface area contributed by atoms with Gasteiger partial charge in [-0.2, -0.15) is 0 Å². The van der Waals surface area contributed by atoms with E-state index in [1.165, 1.54) is 0 Å². The molecule has 0 aliphatic heterocycles. The van der Waals surface area contributed by atoms with Gasteiger partial charge >= 0.3 is 0 Å². The third kappa shape index (κ3) is 6.53. The van der Waals surface area contributed by atoms with Gasteiger partial charge in [0, 0.05) is 30.8 Å². The highest BCUT2D eigenvalue weighted by atomic mass is 32.2. The normalized spacial score (nSPS) is 11.5. The lowest BCUT2D eigenvalue weighted by molar-refractivity contribution is -0.116. The molecule has 0 bridgehead atoms. The van der Waals surface area contributed by atoms with Crippen LogP contribution >= 0.6 is 0 Å². The maximum Gasteiger partial charge on any atom is 0.226 e. The Labute approximate surface area is 190 Å². The van der Waals surface area contributed by atoms with Crippen LogP contribution in [0.2, 0.25) is 0 Å². The highest BCUT2D eigenvalue weighted by molar-refractivity contribution is 7.91. The predicted molar refractivity (Wildman–Crippen MR) is 127 cm³/mol. The van der Waals surface area contributed by atoms with E-state index in [9.17, 15) is 13.2 Å². The van der Waals surface area contributed by atoms with Gasteiger partial charge in [-0.25, -0.2) is 13.4 Å². The molecule has 6 nitrogen and oxygen atoms in total. The van der Waals surface area contributed by atoms with Gasteiger partial charge in [-0.15, -0.1) is 0 Å². The number of Topliss-reactive ketones (excluding diaryl/α,β-unsaturated/α-hetero) is 1. The molecule has 170 valence electrons. The fourth-order valence-corrected chi connectivity index (χ4v) is 4.96. The predicted octanol–water partition coefficient (Wildman–Crippen LogP) is 4.75. The first kappa shape index (κ1) is 23.7. The number of aromatic nitrogens is 1. The molecular weight excluding hydrogens is 424 g/mol. The van der Waals surface area contributed by atoms with E-state index in [4.69, 9.17) is 4.42 Å². The Balaban J connectivity index is 1.54. The van der Waals surface area contributed by atoms with Crippen molar-refractivity contribution >= 4 is 21.3 Å². The average molecular weight is 455 g/mol. The van der Waals surface area contributed by atoms with Gasteiger partial charge in [0.05, 0.1) is 11.4 Å². The Morgan fingerprint density at radius 1 is 1.03 bits per heavy atom. The molecule has 0 atom stereocenters. The van der Waals surface area contributed by atoms with Crippen molar-refractivity contribution in [2.45, 2.75) is 39.4 Å². The first-order chi connectivity index (χ1) is 15.3. The lowest BCUT2D eigenvalue weighted by Gasteiger charge is -2.22. The van der Waals surface area contributed by atoms with Crippen molar-refractivity contribution in [3.8, 4) is 11.5 Å². The van der Waals surface area contributed by atoms with E-state index in [2.05, 4.69) is 16.8 Å². The van der Waals surface area contributed by atoms with Gasteiger partial charge in [0.2, 0.25) is 5.89 Å². The van der Waals surface area contributed by atoms with E-state index in [1.54, 1.807) is 6.92 Å². The molecule has 0 N–H and O–H groups in total. The van der Waals surface area contributed by atoms with Gasteiger partial charge in [0.1, 0.15) is 17.3 Å². The molecule has 0 aliphatic carbocycles. The molecule has 3 aromatic rings. The van der Waals surface area contributed by atoms with Crippen LogP contribution < -0.4 is 4.90 Å². The zero-order valence-corrected chi connectivity index (χ0v) is 19.7. The molecule has 0 saturated carbocycles. The number of oxazole rings is 1. The summed E-state index contributed by atoms with van der Waals surface area (Å²) in [4.78, 5) is 18.9. The number of aryl methyl sites for hydroxylation is 2. The Bertz CT molecular complexity index is 1140. The van der Waals surface area contributed by atoms with Crippen molar-refractivity contribution < 1.29 is 17.6 Å². The Morgan fingerprint density at radius 3 is 2.38 bits per heavy atom. The molecule has 0 radical (unpaired) electrons. The quantitative estimate of drug-likeness (QED) is 0.416. The smallest absolute Gasteiger partial charge is 0.226 e. The number of carbonyl (C=O) groups excluding carboxylic acids is 1. The minimum absolute atomic E-state index is 0.231. The van der Waals surface area contributed by atoms with Crippen LogP contribution in [0.15, 0.2) is 59.0 Å². The van der Waals surface area contributed by atoms with Gasteiger partial charge in [-0.05, 0) is 51.5 Å². The van der Waals surface area contributed by atoms with Crippen molar-refractivity contribution in [1.82, 2.24) is 4.98 Å². The van der Waals surface area contributed by atoms with Crippen LogP contribution in [-0.2, 0) is 20.4 Å². The second-order valence-corrected chi connectivity index (χ2v) is 10.0. The van der Waals surface area contributed by atoms with Crippen molar-refractivity contribution in [3.63, 3.8) is 0 Å². The zero-order valence-electron chi connectivity index (χ0n) is 18.9. The topological polar surface area (TPSA) is 80.5 Å². The molecule has 7 heteroatoms. The fraction of sp³-hybridized carbons (Fsp3) is 0.360. The number of hydrogen-bond acceptors (Lipinski definition) is 6. The Kier molecular flexibility index (Phi) is 7.85. The average Bonchev–Trinajstić information content (AvgIpc) is 3.11. The summed E-state index contributed by atoms with van der Waals surface area (Å²) >= 11 is 0. The third-order valence-electron chi connectivity index (χ3n) is 5.32. The van der Waals surface area contributed by atoms with Crippen molar-refractivity contribution in [2.24, 2.45) is 0 Å². The lowest BCUT2D eigenvalue weighted by Crippen LogP contribution is -2.25. The number of ketones is 1. The molecule has 2 aromatic carbocycles. The van der Waals surface area contributed by atoms with Crippen LogP contribution in [-0.4, -0.2) is 38.0 Å². The number of sulfone groups is 1. The number of para-hydroxylation sites is 1. The van der Waals surface area contributed by atoms with Crippen LogP contribution in [0, 0.1) is 13.8 Å². The van der Waals surface area contributed by atoms with Crippen LogP contribution in [0.3, 0.4) is 0 Å². The first-order valence-corrected chi connectivity index (χ1v) is 12.6. The molecule has 3 rings (SSSR count). The first-order valence-electron chi connectivity index (χ1n) is 10.8. The van der Waals surface area contributed by atoms with E-state index < -0.39 is 15.6 Å². The summed E-state index contributed by atoms with van der Waals surface area (Å²) < 4.78 is 30.9. The maximum atomic E-state index is 12.6. The highest BCUT2D eigenvalue weighted by Gasteiger charge is 2.22. The van der Waals surface area contributed by atoms with Gasteiger partial charge in [-0.1, -0.05) is 35.9 Å². The molecule has 0 aliphatic rings. The zero-order chi connectivity index (χ0) is 23.1. The van der Waals surface area contributed by atoms with Gasteiger partial charge in [0.25, 0.3) is 0 Å². The number of carbonyl (C=O) groups is 1. The van der Waals surface area contributed by atoms with E-state index in [1.807, 2.05) is 61.5 Å². The molecule has 0 fully saturated rings. The summed E-state index contributed by atoms with van der Waals surface area (Å²) in [5.41, 5.74) is 3.36. The van der Waals surface area contributed by atoms with Crippen LogP contribution in [0.1, 0.15) is 36.8 Å². The van der Waals surface area contributed by atoms with Crippen molar-refractivity contribution in [3.05, 3.63) is 71.6 Å². The van der Waals surface area contributed by atoms with E-state index in [0.717, 1.165) is 23.4 Å². The number of benzene rings is 2. The number of rotatable bonds is 11. The molecular formula is C25H30N2O4S. The van der Waals surface area contributed by atoms with Crippen molar-refractivity contribution in [1.29, 1.82) is 0 Å². The van der Waals surface area contributed by atoms with Gasteiger partial charge < -0.3 is 9.32 Å². The standard InChI is InChI=1S/C25H30N2O4S/c1-4-27(22-9-6-5-7-10-22)16-8-11-23(28)17-32(29,30)18-24-20(3)31-25(26-24)21-14-12-19(2)13-15-21/h5-7,9-10,12-15H,4,8,11,16-18H2,1-3H3. The minimum Gasteiger partial charge on any atom is -0.441 e. The van der Waals surface area contributed by atoms with Crippen LogP contribution in [0.4, 0.5) is 5.69 Å². The largest absolute Gasteiger partial charge is 0.441 e. The fourth-order valence-electron chi connectivity index (χ4n) is 3.53.